The molecule has 0 aliphatic carbocycles. The first-order valence-electron chi connectivity index (χ1n) is 12.7. The molecule has 0 saturated carbocycles. The smallest absolute Gasteiger partial charge is 0.410 e. The van der Waals surface area contributed by atoms with E-state index in [4.69, 9.17) is 4.74 Å². The molecule has 4 aromatic rings. The summed E-state index contributed by atoms with van der Waals surface area (Å²) in [4.78, 5) is 20.5. The van der Waals surface area contributed by atoms with Gasteiger partial charge in [-0.05, 0) is 57.5 Å². The molecule has 2 aromatic carbocycles. The molecule has 1 N–H and O–H groups in total. The molecule has 40 heavy (non-hydrogen) atoms. The van der Waals surface area contributed by atoms with Crippen molar-refractivity contribution in [1.29, 1.82) is 5.26 Å². The number of nitrogens with zero attached hydrogens (tertiary/aromatic N) is 5. The number of nitriles is 1. The van der Waals surface area contributed by atoms with Crippen LogP contribution >= 0.6 is 0 Å². The van der Waals surface area contributed by atoms with Gasteiger partial charge in [-0.3, -0.25) is 5.10 Å². The predicted molar refractivity (Wildman–Crippen MR) is 144 cm³/mol. The summed E-state index contributed by atoms with van der Waals surface area (Å²) in [5.41, 5.74) is 0.940. The monoisotopic (exact) mass is 548 g/mol. The highest BCUT2D eigenvalue weighted by Crippen LogP contribution is 2.39. The SMILES string of the molecule is Cc1[nH]nc2nc(-c3c(F)ccc(F)c3F)c(C#N)c(-c3ccc(N4CCN(C(=O)OC(C)(C)C)CC4)cc3)c12. The lowest BCUT2D eigenvalue weighted by Crippen LogP contribution is -2.50. The Kier molecular flexibility index (Phi) is 6.87. The Bertz CT molecular complexity index is 1650. The number of hydrogen-bond acceptors (Lipinski definition) is 6. The first-order chi connectivity index (χ1) is 19.0. The van der Waals surface area contributed by atoms with E-state index in [1.807, 2.05) is 39.0 Å². The third-order valence-electron chi connectivity index (χ3n) is 6.73. The van der Waals surface area contributed by atoms with E-state index in [0.29, 0.717) is 54.5 Å². The van der Waals surface area contributed by atoms with Gasteiger partial charge >= 0.3 is 6.09 Å². The van der Waals surface area contributed by atoms with Crippen LogP contribution in [0.5, 0.6) is 0 Å². The van der Waals surface area contributed by atoms with Crippen LogP contribution in [0.15, 0.2) is 36.4 Å². The molecular formula is C29H27F3N6O2. The Balaban J connectivity index is 1.51. The van der Waals surface area contributed by atoms with E-state index in [2.05, 4.69) is 20.1 Å². The van der Waals surface area contributed by atoms with Gasteiger partial charge in [0.05, 0.1) is 22.2 Å². The topological polar surface area (TPSA) is 98.1 Å². The number of benzene rings is 2. The lowest BCUT2D eigenvalue weighted by Gasteiger charge is -2.36. The molecule has 8 nitrogen and oxygen atoms in total. The predicted octanol–water partition coefficient (Wildman–Crippen LogP) is 5.95. The van der Waals surface area contributed by atoms with Gasteiger partial charge < -0.3 is 14.5 Å². The number of fused-ring (bicyclic) bond motifs is 1. The highest BCUT2D eigenvalue weighted by atomic mass is 19.2. The third kappa shape index (κ3) is 4.93. The highest BCUT2D eigenvalue weighted by molar-refractivity contribution is 6.01. The van der Waals surface area contributed by atoms with Crippen molar-refractivity contribution in [3.8, 4) is 28.5 Å². The van der Waals surface area contributed by atoms with Crippen molar-refractivity contribution in [1.82, 2.24) is 20.1 Å². The van der Waals surface area contributed by atoms with E-state index in [9.17, 15) is 23.2 Å². The molecule has 1 fully saturated rings. The molecule has 11 heteroatoms. The molecule has 2 aromatic heterocycles. The van der Waals surface area contributed by atoms with Crippen molar-refractivity contribution in [3.63, 3.8) is 0 Å². The quantitative estimate of drug-likeness (QED) is 0.318. The summed E-state index contributed by atoms with van der Waals surface area (Å²) < 4.78 is 49.1. The molecule has 1 saturated heterocycles. The van der Waals surface area contributed by atoms with Crippen LogP contribution in [0.25, 0.3) is 33.4 Å². The molecule has 0 spiro atoms. The number of piperazine rings is 1. The van der Waals surface area contributed by atoms with Gasteiger partial charge in [0.2, 0.25) is 0 Å². The highest BCUT2D eigenvalue weighted by Gasteiger charge is 2.28. The summed E-state index contributed by atoms with van der Waals surface area (Å²) in [6.45, 7) is 9.45. The number of carbonyl (C=O) groups excluding carboxylic acids is 1. The van der Waals surface area contributed by atoms with Crippen molar-refractivity contribution in [3.05, 3.63) is 65.1 Å². The fourth-order valence-corrected chi connectivity index (χ4v) is 4.84. The first-order valence-corrected chi connectivity index (χ1v) is 12.7. The molecule has 0 unspecified atom stereocenters. The second-order valence-corrected chi connectivity index (χ2v) is 10.6. The van der Waals surface area contributed by atoms with Crippen molar-refractivity contribution >= 4 is 22.8 Å². The van der Waals surface area contributed by atoms with Gasteiger partial charge in [-0.2, -0.15) is 10.4 Å². The first kappa shape index (κ1) is 27.0. The fraction of sp³-hybridized carbons (Fsp3) is 0.310. The Hall–Kier alpha value is -4.59. The minimum atomic E-state index is -1.43. The number of rotatable bonds is 3. The van der Waals surface area contributed by atoms with E-state index in [-0.39, 0.29) is 23.0 Å². The Labute approximate surface area is 229 Å². The van der Waals surface area contributed by atoms with Crippen LogP contribution in [0, 0.1) is 35.7 Å². The zero-order chi connectivity index (χ0) is 28.8. The number of aromatic nitrogens is 3. The van der Waals surface area contributed by atoms with Crippen LogP contribution in [0.2, 0.25) is 0 Å². The summed E-state index contributed by atoms with van der Waals surface area (Å²) >= 11 is 0. The van der Waals surface area contributed by atoms with Gasteiger partial charge in [0.1, 0.15) is 17.5 Å². The van der Waals surface area contributed by atoms with E-state index in [0.717, 1.165) is 11.8 Å². The van der Waals surface area contributed by atoms with Crippen molar-refractivity contribution in [2.75, 3.05) is 31.1 Å². The maximum absolute atomic E-state index is 14.8. The van der Waals surface area contributed by atoms with Crippen molar-refractivity contribution in [2.45, 2.75) is 33.3 Å². The number of H-pyrrole nitrogens is 1. The van der Waals surface area contributed by atoms with Crippen LogP contribution < -0.4 is 4.90 Å². The van der Waals surface area contributed by atoms with Crippen molar-refractivity contribution < 1.29 is 22.7 Å². The number of nitrogens with one attached hydrogen (secondary N) is 1. The maximum Gasteiger partial charge on any atom is 0.410 e. The van der Waals surface area contributed by atoms with Gasteiger partial charge in [0.15, 0.2) is 17.3 Å². The number of hydrogen-bond donors (Lipinski definition) is 1. The minimum Gasteiger partial charge on any atom is -0.444 e. The van der Waals surface area contributed by atoms with E-state index in [1.165, 1.54) is 0 Å². The third-order valence-corrected chi connectivity index (χ3v) is 6.73. The molecule has 1 aliphatic rings. The maximum atomic E-state index is 14.8. The number of pyridine rings is 1. The normalized spacial score (nSPS) is 13.9. The summed E-state index contributed by atoms with van der Waals surface area (Å²) in [5.74, 6) is -3.72. The molecule has 1 amide bonds. The number of halogens is 3. The van der Waals surface area contributed by atoms with Gasteiger partial charge in [0, 0.05) is 43.1 Å². The molecule has 3 heterocycles. The van der Waals surface area contributed by atoms with Crippen LogP contribution in [0.3, 0.4) is 0 Å². The van der Waals surface area contributed by atoms with Crippen LogP contribution in [0.4, 0.5) is 23.7 Å². The standard InChI is InChI=1S/C29H27F3N6O2/c1-16-22-23(19(15-33)26(34-27(22)36-35-16)24-20(30)9-10-21(31)25(24)32)17-5-7-18(8-6-17)37-11-13-38(14-12-37)28(39)40-29(2,3)4/h5-10H,11-14H2,1-4H3,(H,34,35,36). The van der Waals surface area contributed by atoms with Crippen LogP contribution in [0.1, 0.15) is 32.0 Å². The van der Waals surface area contributed by atoms with E-state index < -0.39 is 28.6 Å². The van der Waals surface area contributed by atoms with E-state index in [1.54, 1.807) is 24.0 Å². The van der Waals surface area contributed by atoms with Gasteiger partial charge in [-0.25, -0.2) is 22.9 Å². The average molecular weight is 549 g/mol. The second-order valence-electron chi connectivity index (χ2n) is 10.6. The lowest BCUT2D eigenvalue weighted by molar-refractivity contribution is 0.0240. The molecule has 0 radical (unpaired) electrons. The Morgan fingerprint density at radius 1 is 1.00 bits per heavy atom. The number of carbonyl (C=O) groups is 1. The van der Waals surface area contributed by atoms with Gasteiger partial charge in [-0.15, -0.1) is 0 Å². The molecule has 0 bridgehead atoms. The largest absolute Gasteiger partial charge is 0.444 e. The van der Waals surface area contributed by atoms with E-state index >= 15 is 0 Å². The van der Waals surface area contributed by atoms with Crippen LogP contribution in [-0.2, 0) is 4.74 Å². The molecular weight excluding hydrogens is 521 g/mol. The minimum absolute atomic E-state index is 0.0980. The number of amides is 1. The summed E-state index contributed by atoms with van der Waals surface area (Å²) in [6, 6.07) is 10.9. The zero-order valence-electron chi connectivity index (χ0n) is 22.5. The number of anilines is 1. The van der Waals surface area contributed by atoms with Crippen molar-refractivity contribution in [2.24, 2.45) is 0 Å². The number of aryl methyl sites for hydroxylation is 1. The Morgan fingerprint density at radius 3 is 2.27 bits per heavy atom. The molecule has 206 valence electrons. The molecule has 0 atom stereocenters. The van der Waals surface area contributed by atoms with Crippen LogP contribution in [-0.4, -0.2) is 58.0 Å². The zero-order valence-corrected chi connectivity index (χ0v) is 22.5. The number of aromatic amines is 1. The van der Waals surface area contributed by atoms with Gasteiger partial charge in [0.25, 0.3) is 0 Å². The fourth-order valence-electron chi connectivity index (χ4n) is 4.84. The number of ether oxygens (including phenoxy) is 1. The lowest BCUT2D eigenvalue weighted by atomic mass is 9.92. The summed E-state index contributed by atoms with van der Waals surface area (Å²) in [5, 5.41) is 17.6. The molecule has 5 rings (SSSR count). The Morgan fingerprint density at radius 2 is 1.65 bits per heavy atom. The molecule has 1 aliphatic heterocycles. The summed E-state index contributed by atoms with van der Waals surface area (Å²) in [6.07, 6.45) is -0.342. The average Bonchev–Trinajstić information content (AvgIpc) is 3.29. The summed E-state index contributed by atoms with van der Waals surface area (Å²) in [7, 11) is 0. The second kappa shape index (κ2) is 10.2. The van der Waals surface area contributed by atoms with Gasteiger partial charge in [-0.1, -0.05) is 12.1 Å².